The van der Waals surface area contributed by atoms with Gasteiger partial charge < -0.3 is 20.1 Å². The zero-order chi connectivity index (χ0) is 20.1. The summed E-state index contributed by atoms with van der Waals surface area (Å²) < 4.78 is 5.07. The molecule has 1 atom stereocenters. The van der Waals surface area contributed by atoms with Crippen molar-refractivity contribution in [3.8, 4) is 6.07 Å². The number of nitriles is 1. The number of amides is 1. The van der Waals surface area contributed by atoms with Crippen LogP contribution >= 0.6 is 11.8 Å². The zero-order valence-electron chi connectivity index (χ0n) is 15.6. The van der Waals surface area contributed by atoms with E-state index in [-0.39, 0.29) is 23.0 Å². The molecule has 2 N–H and O–H groups in total. The van der Waals surface area contributed by atoms with Crippen molar-refractivity contribution in [3.63, 3.8) is 0 Å². The molecule has 2 aliphatic rings. The van der Waals surface area contributed by atoms with Crippen molar-refractivity contribution >= 4 is 29.3 Å². The SMILES string of the molecule is CCOC(=O)C1(O)CS/C(=C(/C#N)C(=O)N2CCNCC2)N1c1ccccc1. The minimum Gasteiger partial charge on any atom is -0.462 e. The molecule has 0 spiro atoms. The Labute approximate surface area is 167 Å². The van der Waals surface area contributed by atoms with Gasteiger partial charge in [-0.1, -0.05) is 18.2 Å². The van der Waals surface area contributed by atoms with Crippen molar-refractivity contribution in [2.24, 2.45) is 0 Å². The van der Waals surface area contributed by atoms with Crippen LogP contribution in [0.25, 0.3) is 0 Å². The van der Waals surface area contributed by atoms with E-state index >= 15 is 0 Å². The summed E-state index contributed by atoms with van der Waals surface area (Å²) in [4.78, 5) is 28.5. The molecule has 148 valence electrons. The van der Waals surface area contributed by atoms with Crippen molar-refractivity contribution in [3.05, 3.63) is 40.9 Å². The molecule has 9 heteroatoms. The van der Waals surface area contributed by atoms with E-state index in [1.54, 1.807) is 42.2 Å². The van der Waals surface area contributed by atoms with Crippen LogP contribution in [0.3, 0.4) is 0 Å². The van der Waals surface area contributed by atoms with Gasteiger partial charge in [-0.25, -0.2) is 4.79 Å². The van der Waals surface area contributed by atoms with E-state index in [2.05, 4.69) is 5.32 Å². The number of hydrogen-bond acceptors (Lipinski definition) is 8. The van der Waals surface area contributed by atoms with E-state index < -0.39 is 17.6 Å². The van der Waals surface area contributed by atoms with E-state index in [1.807, 2.05) is 6.07 Å². The Hall–Kier alpha value is -2.54. The fraction of sp³-hybridized carbons (Fsp3) is 0.421. The Morgan fingerprint density at radius 1 is 1.32 bits per heavy atom. The molecule has 2 aliphatic heterocycles. The Balaban J connectivity index is 2.07. The molecule has 0 aromatic heterocycles. The molecule has 0 bridgehead atoms. The fourth-order valence-electron chi connectivity index (χ4n) is 3.17. The van der Waals surface area contributed by atoms with Crippen molar-refractivity contribution in [2.45, 2.75) is 12.6 Å². The monoisotopic (exact) mass is 402 g/mol. The van der Waals surface area contributed by atoms with Crippen molar-refractivity contribution in [1.29, 1.82) is 5.26 Å². The van der Waals surface area contributed by atoms with Gasteiger partial charge in [0.25, 0.3) is 11.6 Å². The summed E-state index contributed by atoms with van der Waals surface area (Å²) in [5, 5.41) is 24.3. The van der Waals surface area contributed by atoms with Crippen LogP contribution in [-0.4, -0.2) is 66.1 Å². The molecular formula is C19H22N4O4S. The first kappa shape index (κ1) is 20.2. The van der Waals surface area contributed by atoms with Gasteiger partial charge in [0.15, 0.2) is 0 Å². The highest BCUT2D eigenvalue weighted by Crippen LogP contribution is 2.44. The average Bonchev–Trinajstić information content (AvgIpc) is 3.08. The molecule has 3 rings (SSSR count). The van der Waals surface area contributed by atoms with Crippen LogP contribution in [0.2, 0.25) is 0 Å². The number of benzene rings is 1. The van der Waals surface area contributed by atoms with Crippen LogP contribution in [0.15, 0.2) is 40.9 Å². The van der Waals surface area contributed by atoms with Gasteiger partial charge in [-0.3, -0.25) is 9.69 Å². The Morgan fingerprint density at radius 2 is 2.00 bits per heavy atom. The lowest BCUT2D eigenvalue weighted by Crippen LogP contribution is -2.54. The topological polar surface area (TPSA) is 106 Å². The summed E-state index contributed by atoms with van der Waals surface area (Å²) in [6.07, 6.45) is 0. The number of para-hydroxylation sites is 1. The highest BCUT2D eigenvalue weighted by molar-refractivity contribution is 8.03. The van der Waals surface area contributed by atoms with E-state index in [1.165, 1.54) is 4.90 Å². The summed E-state index contributed by atoms with van der Waals surface area (Å²) in [6, 6.07) is 10.7. The summed E-state index contributed by atoms with van der Waals surface area (Å²) in [5.41, 5.74) is -1.58. The lowest BCUT2D eigenvalue weighted by atomic mass is 10.1. The standard InChI is InChI=1S/C19H22N4O4S/c1-2-27-18(25)19(26)13-28-17(23(19)14-6-4-3-5-7-14)15(12-20)16(24)22-10-8-21-9-11-22/h3-7,21,26H,2,8-11,13H2,1H3/b17-15-. The van der Waals surface area contributed by atoms with Crippen molar-refractivity contribution in [1.82, 2.24) is 10.2 Å². The maximum atomic E-state index is 13.0. The van der Waals surface area contributed by atoms with Gasteiger partial charge in [-0.15, -0.1) is 11.8 Å². The van der Waals surface area contributed by atoms with Gasteiger partial charge >= 0.3 is 5.97 Å². The number of hydrogen-bond donors (Lipinski definition) is 2. The van der Waals surface area contributed by atoms with Crippen LogP contribution in [0.1, 0.15) is 6.92 Å². The first-order valence-electron chi connectivity index (χ1n) is 9.05. The summed E-state index contributed by atoms with van der Waals surface area (Å²) >= 11 is 1.10. The molecular weight excluding hydrogens is 380 g/mol. The molecule has 28 heavy (non-hydrogen) atoms. The first-order valence-corrected chi connectivity index (χ1v) is 10.0. The van der Waals surface area contributed by atoms with Gasteiger partial charge in [0, 0.05) is 31.9 Å². The number of carbonyl (C=O) groups excluding carboxylic acids is 2. The number of nitrogens with one attached hydrogen (secondary N) is 1. The van der Waals surface area contributed by atoms with Crippen LogP contribution < -0.4 is 10.2 Å². The smallest absolute Gasteiger partial charge is 0.361 e. The average molecular weight is 402 g/mol. The molecule has 0 aliphatic carbocycles. The van der Waals surface area contributed by atoms with Crippen LogP contribution in [0, 0.1) is 11.3 Å². The quantitative estimate of drug-likeness (QED) is 0.430. The first-order chi connectivity index (χ1) is 13.5. The predicted octanol–water partition coefficient (Wildman–Crippen LogP) is 0.658. The third kappa shape index (κ3) is 3.71. The largest absolute Gasteiger partial charge is 0.462 e. The lowest BCUT2D eigenvalue weighted by Gasteiger charge is -2.33. The van der Waals surface area contributed by atoms with E-state index in [9.17, 15) is 20.0 Å². The second kappa shape index (κ2) is 8.65. The number of carbonyl (C=O) groups is 2. The van der Waals surface area contributed by atoms with Crippen LogP contribution in [-0.2, 0) is 14.3 Å². The minimum absolute atomic E-state index is 0.0456. The summed E-state index contributed by atoms with van der Waals surface area (Å²) in [5.74, 6) is -1.26. The summed E-state index contributed by atoms with van der Waals surface area (Å²) in [7, 11) is 0. The molecule has 1 aromatic carbocycles. The third-order valence-electron chi connectivity index (χ3n) is 4.54. The van der Waals surface area contributed by atoms with Gasteiger partial charge in [-0.2, -0.15) is 5.26 Å². The number of piperazine rings is 1. The van der Waals surface area contributed by atoms with Crippen molar-refractivity contribution < 1.29 is 19.4 Å². The Kier molecular flexibility index (Phi) is 6.24. The molecule has 8 nitrogen and oxygen atoms in total. The second-order valence-corrected chi connectivity index (χ2v) is 7.29. The molecule has 1 amide bonds. The predicted molar refractivity (Wildman–Crippen MR) is 105 cm³/mol. The van der Waals surface area contributed by atoms with Crippen LogP contribution in [0.5, 0.6) is 0 Å². The van der Waals surface area contributed by atoms with E-state index in [0.717, 1.165) is 11.8 Å². The normalized spacial score (nSPS) is 23.9. The van der Waals surface area contributed by atoms with Crippen LogP contribution in [0.4, 0.5) is 5.69 Å². The number of anilines is 1. The number of thioether (sulfide) groups is 1. The number of rotatable bonds is 4. The van der Waals surface area contributed by atoms with Gasteiger partial charge in [0.05, 0.1) is 12.4 Å². The second-order valence-electron chi connectivity index (χ2n) is 6.33. The number of aliphatic hydroxyl groups is 1. The Bertz CT molecular complexity index is 817. The molecule has 0 radical (unpaired) electrons. The van der Waals surface area contributed by atoms with Gasteiger partial charge in [0.2, 0.25) is 0 Å². The zero-order valence-corrected chi connectivity index (χ0v) is 16.4. The molecule has 1 unspecified atom stereocenters. The van der Waals surface area contributed by atoms with Crippen molar-refractivity contribution in [2.75, 3.05) is 43.4 Å². The molecule has 1 aromatic rings. The molecule has 2 heterocycles. The molecule has 2 fully saturated rings. The van der Waals surface area contributed by atoms with Gasteiger partial charge in [-0.05, 0) is 19.1 Å². The Morgan fingerprint density at radius 3 is 2.61 bits per heavy atom. The third-order valence-corrected chi connectivity index (χ3v) is 5.75. The fourth-order valence-corrected chi connectivity index (χ4v) is 4.42. The molecule has 2 saturated heterocycles. The number of esters is 1. The minimum atomic E-state index is -2.00. The lowest BCUT2D eigenvalue weighted by molar-refractivity contribution is -0.161. The molecule has 0 saturated carbocycles. The highest BCUT2D eigenvalue weighted by atomic mass is 32.2. The summed E-state index contributed by atoms with van der Waals surface area (Å²) in [6.45, 7) is 4.06. The number of ether oxygens (including phenoxy) is 1. The highest BCUT2D eigenvalue weighted by Gasteiger charge is 2.52. The number of nitrogens with zero attached hydrogens (tertiary/aromatic N) is 3. The van der Waals surface area contributed by atoms with Gasteiger partial charge in [0.1, 0.15) is 16.7 Å². The van der Waals surface area contributed by atoms with E-state index in [0.29, 0.717) is 31.9 Å². The maximum Gasteiger partial charge on any atom is 0.361 e. The van der Waals surface area contributed by atoms with E-state index in [4.69, 9.17) is 4.74 Å². The maximum absolute atomic E-state index is 13.0.